The number of hydrogen-bond acceptors (Lipinski definition) is 1. The SMILES string of the molecule is c1ccc(-n2c3ccc4c5ccccc5[nH]c4c3c3c2ccc2c4ccccc4c4nccn4c23)cc1. The molecule has 0 radical (unpaired) electrons. The monoisotopic (exact) mass is 472 g/mol. The summed E-state index contributed by atoms with van der Waals surface area (Å²) in [6, 6.07) is 36.9. The van der Waals surface area contributed by atoms with Crippen LogP contribution in [0, 0.1) is 0 Å². The molecule has 0 aliphatic rings. The average molecular weight is 473 g/mol. The predicted octanol–water partition coefficient (Wildman–Crippen LogP) is 8.37. The molecule has 0 fully saturated rings. The second-order valence-electron chi connectivity index (χ2n) is 9.75. The number of rotatable bonds is 1. The van der Waals surface area contributed by atoms with Crippen LogP contribution < -0.4 is 0 Å². The molecule has 172 valence electrons. The lowest BCUT2D eigenvalue weighted by Gasteiger charge is -2.11. The van der Waals surface area contributed by atoms with Crippen molar-refractivity contribution >= 4 is 70.9 Å². The average Bonchev–Trinajstić information content (AvgIpc) is 3.67. The molecule has 0 amide bonds. The van der Waals surface area contributed by atoms with E-state index in [-0.39, 0.29) is 0 Å². The van der Waals surface area contributed by atoms with Crippen molar-refractivity contribution in [1.29, 1.82) is 0 Å². The molecule has 4 heterocycles. The lowest BCUT2D eigenvalue weighted by atomic mass is 10.0. The first-order valence-corrected chi connectivity index (χ1v) is 12.6. The Hall–Kier alpha value is -5.09. The fourth-order valence-electron chi connectivity index (χ4n) is 6.41. The molecule has 0 spiro atoms. The van der Waals surface area contributed by atoms with Gasteiger partial charge in [-0.1, -0.05) is 72.8 Å². The lowest BCUT2D eigenvalue weighted by Crippen LogP contribution is -1.94. The molecule has 0 unspecified atom stereocenters. The summed E-state index contributed by atoms with van der Waals surface area (Å²) in [6.07, 6.45) is 4.01. The van der Waals surface area contributed by atoms with Gasteiger partial charge in [-0.05, 0) is 35.7 Å². The van der Waals surface area contributed by atoms with Gasteiger partial charge in [0.1, 0.15) is 5.65 Å². The van der Waals surface area contributed by atoms with Gasteiger partial charge in [0.25, 0.3) is 0 Å². The molecule has 4 heteroatoms. The number of para-hydroxylation sites is 2. The van der Waals surface area contributed by atoms with Crippen LogP contribution in [0.15, 0.2) is 116 Å². The topological polar surface area (TPSA) is 38.0 Å². The number of H-pyrrole nitrogens is 1. The second kappa shape index (κ2) is 6.77. The molecule has 0 saturated heterocycles. The predicted molar refractivity (Wildman–Crippen MR) is 154 cm³/mol. The van der Waals surface area contributed by atoms with Crippen molar-refractivity contribution in [1.82, 2.24) is 18.9 Å². The van der Waals surface area contributed by atoms with E-state index in [1.54, 1.807) is 0 Å². The molecule has 4 aromatic heterocycles. The second-order valence-corrected chi connectivity index (χ2v) is 9.75. The van der Waals surface area contributed by atoms with Gasteiger partial charge >= 0.3 is 0 Å². The quantitative estimate of drug-likeness (QED) is 0.239. The highest BCUT2D eigenvalue weighted by Gasteiger charge is 2.21. The van der Waals surface area contributed by atoms with E-state index >= 15 is 0 Å². The van der Waals surface area contributed by atoms with E-state index in [9.17, 15) is 0 Å². The molecule has 9 aromatic rings. The number of aromatic amines is 1. The minimum atomic E-state index is 0.986. The summed E-state index contributed by atoms with van der Waals surface area (Å²) in [7, 11) is 0. The molecular weight excluding hydrogens is 452 g/mol. The van der Waals surface area contributed by atoms with Crippen molar-refractivity contribution in [3.8, 4) is 5.69 Å². The summed E-state index contributed by atoms with van der Waals surface area (Å²) in [6.45, 7) is 0. The van der Waals surface area contributed by atoms with Gasteiger partial charge in [-0.25, -0.2) is 4.98 Å². The Morgan fingerprint density at radius 3 is 2.14 bits per heavy atom. The standard InChI is InChI=1S/C33H20N4/c1-2-8-20(9-3-1)37-27-16-14-23-22-11-6-7-13-26(22)35-31(23)29(27)30-28(37)17-15-24-21-10-4-5-12-25(21)33-34-18-19-36(33)32(24)30/h1-19,35H. The van der Waals surface area contributed by atoms with Crippen molar-refractivity contribution in [2.24, 2.45) is 0 Å². The largest absolute Gasteiger partial charge is 0.354 e. The fraction of sp³-hybridized carbons (Fsp3) is 0. The molecule has 0 aliphatic heterocycles. The zero-order valence-electron chi connectivity index (χ0n) is 19.8. The molecule has 0 atom stereocenters. The van der Waals surface area contributed by atoms with Gasteiger partial charge in [-0.3, -0.25) is 4.40 Å². The van der Waals surface area contributed by atoms with Crippen LogP contribution in [-0.4, -0.2) is 18.9 Å². The Kier molecular flexibility index (Phi) is 3.50. The van der Waals surface area contributed by atoms with Gasteiger partial charge < -0.3 is 9.55 Å². The molecule has 9 rings (SSSR count). The van der Waals surface area contributed by atoms with Crippen LogP contribution in [-0.2, 0) is 0 Å². The van der Waals surface area contributed by atoms with E-state index in [4.69, 9.17) is 4.98 Å². The van der Waals surface area contributed by atoms with E-state index < -0.39 is 0 Å². The fourth-order valence-corrected chi connectivity index (χ4v) is 6.41. The minimum absolute atomic E-state index is 0.986. The van der Waals surface area contributed by atoms with Crippen LogP contribution in [0.25, 0.3) is 76.6 Å². The summed E-state index contributed by atoms with van der Waals surface area (Å²) >= 11 is 0. The van der Waals surface area contributed by atoms with Gasteiger partial charge in [0.2, 0.25) is 0 Å². The van der Waals surface area contributed by atoms with E-state index in [0.717, 1.165) is 16.9 Å². The normalized spacial score (nSPS) is 12.3. The highest BCUT2D eigenvalue weighted by Crippen LogP contribution is 2.43. The van der Waals surface area contributed by atoms with Crippen LogP contribution in [0.3, 0.4) is 0 Å². The number of fused-ring (bicyclic) bond motifs is 14. The Morgan fingerprint density at radius 2 is 1.27 bits per heavy atom. The lowest BCUT2D eigenvalue weighted by molar-refractivity contribution is 1.18. The maximum atomic E-state index is 4.79. The maximum Gasteiger partial charge on any atom is 0.145 e. The van der Waals surface area contributed by atoms with Crippen molar-refractivity contribution < 1.29 is 0 Å². The Bertz CT molecular complexity index is 2350. The van der Waals surface area contributed by atoms with Crippen LogP contribution in [0.2, 0.25) is 0 Å². The van der Waals surface area contributed by atoms with Crippen LogP contribution in [0.1, 0.15) is 0 Å². The van der Waals surface area contributed by atoms with Gasteiger partial charge in [-0.15, -0.1) is 0 Å². The Balaban J connectivity index is 1.64. The summed E-state index contributed by atoms with van der Waals surface area (Å²) in [4.78, 5) is 8.58. The third-order valence-electron chi connectivity index (χ3n) is 7.90. The van der Waals surface area contributed by atoms with Gasteiger partial charge in [0.05, 0.1) is 22.1 Å². The molecule has 4 nitrogen and oxygen atoms in total. The van der Waals surface area contributed by atoms with Crippen LogP contribution in [0.5, 0.6) is 0 Å². The zero-order valence-corrected chi connectivity index (χ0v) is 19.8. The summed E-state index contributed by atoms with van der Waals surface area (Å²) in [5.74, 6) is 0. The first-order chi connectivity index (χ1) is 18.4. The summed E-state index contributed by atoms with van der Waals surface area (Å²) in [5.41, 5.74) is 8.03. The number of aromatic nitrogens is 4. The molecular formula is C33H20N4. The first-order valence-electron chi connectivity index (χ1n) is 12.6. The summed E-state index contributed by atoms with van der Waals surface area (Å²) < 4.78 is 4.67. The van der Waals surface area contributed by atoms with Crippen LogP contribution >= 0.6 is 0 Å². The minimum Gasteiger partial charge on any atom is -0.354 e. The molecule has 0 bridgehead atoms. The van der Waals surface area contributed by atoms with Crippen LogP contribution in [0.4, 0.5) is 0 Å². The Labute approximate surface area is 211 Å². The third-order valence-corrected chi connectivity index (χ3v) is 7.90. The number of nitrogens with zero attached hydrogens (tertiary/aromatic N) is 3. The first kappa shape index (κ1) is 19.1. The molecule has 0 saturated carbocycles. The Morgan fingerprint density at radius 1 is 0.568 bits per heavy atom. The van der Waals surface area contributed by atoms with Crippen molar-refractivity contribution in [2.45, 2.75) is 0 Å². The number of nitrogens with one attached hydrogen (secondary N) is 1. The highest BCUT2D eigenvalue weighted by atomic mass is 15.0. The maximum absolute atomic E-state index is 4.79. The molecule has 37 heavy (non-hydrogen) atoms. The van der Waals surface area contributed by atoms with Crippen molar-refractivity contribution in [2.75, 3.05) is 0 Å². The van der Waals surface area contributed by atoms with E-state index in [1.807, 2.05) is 6.20 Å². The number of hydrogen-bond donors (Lipinski definition) is 1. The number of benzene rings is 5. The number of imidazole rings is 1. The van der Waals surface area contributed by atoms with Gasteiger partial charge in [0.15, 0.2) is 0 Å². The van der Waals surface area contributed by atoms with Crippen molar-refractivity contribution in [3.05, 3.63) is 116 Å². The zero-order chi connectivity index (χ0) is 24.1. The van der Waals surface area contributed by atoms with E-state index in [0.29, 0.717) is 0 Å². The van der Waals surface area contributed by atoms with Crippen molar-refractivity contribution in [3.63, 3.8) is 0 Å². The number of pyridine rings is 1. The van der Waals surface area contributed by atoms with Gasteiger partial charge in [0, 0.05) is 55.9 Å². The highest BCUT2D eigenvalue weighted by molar-refractivity contribution is 6.32. The molecule has 1 N–H and O–H groups in total. The molecule has 0 aliphatic carbocycles. The third kappa shape index (κ3) is 2.35. The smallest absolute Gasteiger partial charge is 0.145 e. The van der Waals surface area contributed by atoms with E-state index in [1.165, 1.54) is 59.8 Å². The molecule has 5 aromatic carbocycles. The van der Waals surface area contributed by atoms with E-state index in [2.05, 4.69) is 123 Å². The van der Waals surface area contributed by atoms with Gasteiger partial charge in [-0.2, -0.15) is 0 Å². The summed E-state index contributed by atoms with van der Waals surface area (Å²) in [5, 5.41) is 8.59.